The van der Waals surface area contributed by atoms with Crippen LogP contribution in [0, 0.1) is 5.92 Å². The molecule has 2 atom stereocenters. The molecule has 0 aromatic carbocycles. The van der Waals surface area contributed by atoms with E-state index in [2.05, 4.69) is 36.0 Å². The topological polar surface area (TPSA) is 41.3 Å². The van der Waals surface area contributed by atoms with Crippen LogP contribution in [0.15, 0.2) is 10.7 Å². The van der Waals surface area contributed by atoms with Crippen molar-refractivity contribution in [2.75, 3.05) is 18.0 Å². The molecule has 102 valence electrons. The van der Waals surface area contributed by atoms with Gasteiger partial charge in [0.2, 0.25) is 0 Å². The van der Waals surface area contributed by atoms with Gasteiger partial charge in [-0.25, -0.2) is 0 Å². The number of nitrogens with one attached hydrogen (secondary N) is 1. The zero-order chi connectivity index (χ0) is 13.0. The van der Waals surface area contributed by atoms with Crippen LogP contribution in [-0.4, -0.2) is 24.1 Å². The summed E-state index contributed by atoms with van der Waals surface area (Å²) >= 11 is 0. The highest BCUT2D eigenvalue weighted by Crippen LogP contribution is 2.27. The summed E-state index contributed by atoms with van der Waals surface area (Å²) in [4.78, 5) is 6.87. The van der Waals surface area contributed by atoms with Gasteiger partial charge in [-0.1, -0.05) is 13.8 Å². The molecule has 0 radical (unpaired) electrons. The van der Waals surface area contributed by atoms with E-state index in [4.69, 9.17) is 4.42 Å². The first-order valence-corrected chi connectivity index (χ1v) is 7.12. The molecule has 0 saturated carbocycles. The highest BCUT2D eigenvalue weighted by atomic mass is 16.4. The van der Waals surface area contributed by atoms with E-state index in [1.54, 1.807) is 6.26 Å². The second kappa shape index (κ2) is 6.23. The number of anilines is 1. The Kier molecular flexibility index (Phi) is 4.64. The molecule has 1 aliphatic heterocycles. The van der Waals surface area contributed by atoms with Crippen molar-refractivity contribution in [1.29, 1.82) is 0 Å². The fraction of sp³-hybridized carbons (Fsp3) is 0.786. The van der Waals surface area contributed by atoms with Gasteiger partial charge < -0.3 is 14.6 Å². The maximum absolute atomic E-state index is 5.62. The Morgan fingerprint density at radius 1 is 1.50 bits per heavy atom. The standard InChI is InChI=1S/C14H25N3O/c1-4-6-15-9-13-10-18-14(16-13)17-7-5-11(2)8-12(17)3/h10-12,15H,4-9H2,1-3H3. The van der Waals surface area contributed by atoms with Crippen LogP contribution in [0.4, 0.5) is 6.01 Å². The zero-order valence-corrected chi connectivity index (χ0v) is 11.8. The van der Waals surface area contributed by atoms with E-state index in [9.17, 15) is 0 Å². The van der Waals surface area contributed by atoms with E-state index in [1.807, 2.05) is 0 Å². The van der Waals surface area contributed by atoms with Crippen molar-refractivity contribution in [1.82, 2.24) is 10.3 Å². The van der Waals surface area contributed by atoms with Gasteiger partial charge in [0.15, 0.2) is 0 Å². The zero-order valence-electron chi connectivity index (χ0n) is 11.8. The van der Waals surface area contributed by atoms with Crippen LogP contribution < -0.4 is 10.2 Å². The van der Waals surface area contributed by atoms with Gasteiger partial charge in [-0.3, -0.25) is 0 Å². The van der Waals surface area contributed by atoms with Crippen LogP contribution in [0.1, 0.15) is 45.7 Å². The summed E-state index contributed by atoms with van der Waals surface area (Å²) in [6.07, 6.45) is 5.39. The number of oxazole rings is 1. The monoisotopic (exact) mass is 251 g/mol. The van der Waals surface area contributed by atoms with Gasteiger partial charge in [-0.2, -0.15) is 4.98 Å². The van der Waals surface area contributed by atoms with Gasteiger partial charge in [0, 0.05) is 19.1 Å². The van der Waals surface area contributed by atoms with E-state index in [1.165, 1.54) is 12.8 Å². The maximum atomic E-state index is 5.62. The lowest BCUT2D eigenvalue weighted by Gasteiger charge is -2.35. The minimum absolute atomic E-state index is 0.531. The molecule has 1 fully saturated rings. The highest BCUT2D eigenvalue weighted by molar-refractivity contribution is 5.29. The van der Waals surface area contributed by atoms with Crippen molar-refractivity contribution in [3.63, 3.8) is 0 Å². The molecule has 0 amide bonds. The molecule has 18 heavy (non-hydrogen) atoms. The first-order chi connectivity index (χ1) is 8.70. The van der Waals surface area contributed by atoms with Crippen LogP contribution in [-0.2, 0) is 6.54 Å². The maximum Gasteiger partial charge on any atom is 0.297 e. The number of aromatic nitrogens is 1. The third-order valence-corrected chi connectivity index (χ3v) is 3.66. The van der Waals surface area contributed by atoms with Crippen LogP contribution in [0.5, 0.6) is 0 Å². The second-order valence-corrected chi connectivity index (χ2v) is 5.47. The molecule has 1 aliphatic rings. The van der Waals surface area contributed by atoms with Crippen LogP contribution in [0.2, 0.25) is 0 Å². The van der Waals surface area contributed by atoms with Crippen LogP contribution in [0.25, 0.3) is 0 Å². The van der Waals surface area contributed by atoms with Gasteiger partial charge in [0.05, 0.1) is 5.69 Å². The van der Waals surface area contributed by atoms with Crippen LogP contribution >= 0.6 is 0 Å². The number of nitrogens with zero attached hydrogens (tertiary/aromatic N) is 2. The summed E-state index contributed by atoms with van der Waals surface area (Å²) in [5, 5.41) is 3.34. The van der Waals surface area contributed by atoms with Crippen molar-refractivity contribution >= 4 is 6.01 Å². The third-order valence-electron chi connectivity index (χ3n) is 3.66. The molecular weight excluding hydrogens is 226 g/mol. The summed E-state index contributed by atoms with van der Waals surface area (Å²) in [6, 6.07) is 1.33. The van der Waals surface area contributed by atoms with Gasteiger partial charge in [0.1, 0.15) is 6.26 Å². The number of hydrogen-bond donors (Lipinski definition) is 1. The van der Waals surface area contributed by atoms with Gasteiger partial charge in [-0.05, 0) is 38.6 Å². The first kappa shape index (κ1) is 13.4. The Morgan fingerprint density at radius 3 is 3.06 bits per heavy atom. The SMILES string of the molecule is CCCNCc1coc(N2CCC(C)CC2C)n1. The molecule has 0 aliphatic carbocycles. The van der Waals surface area contributed by atoms with E-state index < -0.39 is 0 Å². The molecule has 4 heteroatoms. The van der Waals surface area contributed by atoms with Gasteiger partial charge in [-0.15, -0.1) is 0 Å². The van der Waals surface area contributed by atoms with Crippen molar-refractivity contribution in [3.05, 3.63) is 12.0 Å². The van der Waals surface area contributed by atoms with E-state index >= 15 is 0 Å². The molecule has 0 spiro atoms. The summed E-state index contributed by atoms with van der Waals surface area (Å²) in [6.45, 7) is 9.64. The Morgan fingerprint density at radius 2 is 2.33 bits per heavy atom. The average Bonchev–Trinajstić information content (AvgIpc) is 2.78. The summed E-state index contributed by atoms with van der Waals surface area (Å²) in [5.74, 6) is 0.817. The Balaban J connectivity index is 1.92. The van der Waals surface area contributed by atoms with E-state index in [-0.39, 0.29) is 0 Å². The summed E-state index contributed by atoms with van der Waals surface area (Å²) in [5.41, 5.74) is 1.00. The lowest BCUT2D eigenvalue weighted by Crippen LogP contribution is -2.40. The molecule has 2 rings (SSSR count). The largest absolute Gasteiger partial charge is 0.432 e. The number of rotatable bonds is 5. The van der Waals surface area contributed by atoms with Gasteiger partial charge >= 0.3 is 0 Å². The quantitative estimate of drug-likeness (QED) is 0.817. The highest BCUT2D eigenvalue weighted by Gasteiger charge is 2.25. The number of piperidine rings is 1. The molecule has 0 bridgehead atoms. The fourth-order valence-electron chi connectivity index (χ4n) is 2.59. The Bertz CT molecular complexity index is 364. The fourth-order valence-corrected chi connectivity index (χ4v) is 2.59. The predicted octanol–water partition coefficient (Wildman–Crippen LogP) is 2.80. The molecule has 1 saturated heterocycles. The van der Waals surface area contributed by atoms with Crippen molar-refractivity contribution < 1.29 is 4.42 Å². The molecule has 1 aromatic heterocycles. The molecule has 4 nitrogen and oxygen atoms in total. The van der Waals surface area contributed by atoms with Gasteiger partial charge in [0.25, 0.3) is 6.01 Å². The third kappa shape index (κ3) is 3.25. The summed E-state index contributed by atoms with van der Waals surface area (Å²) < 4.78 is 5.62. The summed E-state index contributed by atoms with van der Waals surface area (Å²) in [7, 11) is 0. The molecule has 1 N–H and O–H groups in total. The normalized spacial score (nSPS) is 24.5. The molecule has 2 heterocycles. The average molecular weight is 251 g/mol. The Labute approximate surface area is 110 Å². The smallest absolute Gasteiger partial charge is 0.297 e. The lowest BCUT2D eigenvalue weighted by atomic mass is 9.94. The predicted molar refractivity (Wildman–Crippen MR) is 73.7 cm³/mol. The second-order valence-electron chi connectivity index (χ2n) is 5.47. The molecular formula is C14H25N3O. The minimum atomic E-state index is 0.531. The van der Waals surface area contributed by atoms with E-state index in [0.29, 0.717) is 6.04 Å². The van der Waals surface area contributed by atoms with Crippen LogP contribution in [0.3, 0.4) is 0 Å². The molecule has 1 aromatic rings. The van der Waals surface area contributed by atoms with Crippen molar-refractivity contribution in [3.8, 4) is 0 Å². The first-order valence-electron chi connectivity index (χ1n) is 7.12. The number of hydrogen-bond acceptors (Lipinski definition) is 4. The Hall–Kier alpha value is -1.03. The minimum Gasteiger partial charge on any atom is -0.432 e. The van der Waals surface area contributed by atoms with Crippen molar-refractivity contribution in [2.45, 2.75) is 52.6 Å². The molecule has 2 unspecified atom stereocenters. The lowest BCUT2D eigenvalue weighted by molar-refractivity contribution is 0.357. The van der Waals surface area contributed by atoms with Crippen molar-refractivity contribution in [2.24, 2.45) is 5.92 Å². The van der Waals surface area contributed by atoms with E-state index in [0.717, 1.165) is 43.7 Å².